The molecule has 114 valence electrons. The summed E-state index contributed by atoms with van der Waals surface area (Å²) in [6.45, 7) is 1.76. The van der Waals surface area contributed by atoms with E-state index in [1.807, 2.05) is 0 Å². The molecule has 1 N–H and O–H groups in total. The van der Waals surface area contributed by atoms with Crippen LogP contribution in [0.25, 0.3) is 0 Å². The Balaban J connectivity index is 2.18. The van der Waals surface area contributed by atoms with Crippen LogP contribution >= 0.6 is 23.2 Å². The van der Waals surface area contributed by atoms with Crippen LogP contribution in [-0.2, 0) is 4.79 Å². The van der Waals surface area contributed by atoms with Crippen molar-refractivity contribution in [3.8, 4) is 0 Å². The number of amidine groups is 1. The summed E-state index contributed by atoms with van der Waals surface area (Å²) in [7, 11) is 0. The van der Waals surface area contributed by atoms with Gasteiger partial charge < -0.3 is 5.32 Å². The van der Waals surface area contributed by atoms with E-state index in [0.717, 1.165) is 0 Å². The molecule has 0 bridgehead atoms. The minimum atomic E-state index is -4.94. The number of alkyl halides is 3. The molecule has 1 aromatic carbocycles. The first kappa shape index (κ1) is 15.9. The zero-order valence-electron chi connectivity index (χ0n) is 10.7. The third-order valence-electron chi connectivity index (χ3n) is 2.82. The molecule has 1 atom stereocenters. The highest BCUT2D eigenvalue weighted by Crippen LogP contribution is 2.30. The van der Waals surface area contributed by atoms with Crippen molar-refractivity contribution in [1.82, 2.24) is 5.32 Å². The van der Waals surface area contributed by atoms with Crippen molar-refractivity contribution in [1.29, 1.82) is 0 Å². The summed E-state index contributed by atoms with van der Waals surface area (Å²) in [5.41, 5.74) is 0.577. The lowest BCUT2D eigenvalue weighted by Gasteiger charge is -2.19. The molecule has 1 aliphatic heterocycles. The topological polar surface area (TPSA) is 44.7 Å². The zero-order valence-corrected chi connectivity index (χ0v) is 12.2. The summed E-state index contributed by atoms with van der Waals surface area (Å²) in [6.07, 6.45) is -4.76. The average Bonchev–Trinajstić information content (AvgIpc) is 2.72. The molecule has 0 saturated carbocycles. The number of hydrogen-bond acceptors (Lipinski definition) is 3. The molecule has 2 rings (SSSR count). The van der Waals surface area contributed by atoms with Crippen LogP contribution in [-0.4, -0.2) is 24.0 Å². The lowest BCUT2D eigenvalue weighted by molar-refractivity contribution is -0.171. The highest BCUT2D eigenvalue weighted by molar-refractivity contribution is 6.42. The van der Waals surface area contributed by atoms with Gasteiger partial charge in [-0.05, 0) is 25.1 Å². The normalized spacial score (nSPS) is 18.7. The molecular weight excluding hydrogens is 330 g/mol. The van der Waals surface area contributed by atoms with Crippen LogP contribution in [0.5, 0.6) is 0 Å². The van der Waals surface area contributed by atoms with Gasteiger partial charge in [0, 0.05) is 6.42 Å². The van der Waals surface area contributed by atoms with Gasteiger partial charge in [0.25, 0.3) is 0 Å². The van der Waals surface area contributed by atoms with Crippen LogP contribution < -0.4 is 10.3 Å². The van der Waals surface area contributed by atoms with E-state index in [1.54, 1.807) is 30.4 Å². The maximum absolute atomic E-state index is 12.2. The minimum Gasteiger partial charge on any atom is -0.305 e. The second-order valence-corrected chi connectivity index (χ2v) is 5.31. The summed E-state index contributed by atoms with van der Waals surface area (Å²) >= 11 is 11.7. The van der Waals surface area contributed by atoms with Crippen LogP contribution in [0.4, 0.5) is 18.9 Å². The summed E-state index contributed by atoms with van der Waals surface area (Å²) in [4.78, 5) is 10.9. The molecule has 1 aliphatic rings. The van der Waals surface area contributed by atoms with Gasteiger partial charge in [0.2, 0.25) is 0 Å². The minimum absolute atomic E-state index is 0.0455. The van der Waals surface area contributed by atoms with Crippen molar-refractivity contribution in [2.45, 2.75) is 25.6 Å². The average molecular weight is 340 g/mol. The maximum atomic E-state index is 12.2. The van der Waals surface area contributed by atoms with E-state index < -0.39 is 12.1 Å². The Kier molecular flexibility index (Phi) is 4.34. The number of hydrogen-bond donors (Lipinski definition) is 1. The Morgan fingerprint density at radius 2 is 2.05 bits per heavy atom. The molecule has 0 aliphatic carbocycles. The van der Waals surface area contributed by atoms with E-state index in [1.165, 1.54) is 5.01 Å². The highest BCUT2D eigenvalue weighted by Gasteiger charge is 2.40. The van der Waals surface area contributed by atoms with E-state index in [9.17, 15) is 18.0 Å². The molecule has 0 radical (unpaired) electrons. The first-order chi connectivity index (χ1) is 9.68. The van der Waals surface area contributed by atoms with Crippen LogP contribution in [0.2, 0.25) is 10.0 Å². The molecule has 1 unspecified atom stereocenters. The van der Waals surface area contributed by atoms with E-state index in [2.05, 4.69) is 5.10 Å². The lowest BCUT2D eigenvalue weighted by Crippen LogP contribution is -2.40. The summed E-state index contributed by atoms with van der Waals surface area (Å²) < 4.78 is 36.6. The van der Waals surface area contributed by atoms with E-state index in [4.69, 9.17) is 23.2 Å². The zero-order chi connectivity index (χ0) is 15.8. The third kappa shape index (κ3) is 3.59. The SMILES string of the molecule is CC1CC(NC(=O)C(F)(F)F)=NN1c1ccc(Cl)c(Cl)c1. The van der Waals surface area contributed by atoms with Crippen molar-refractivity contribution < 1.29 is 18.0 Å². The standard InChI is InChI=1S/C12H10Cl2F3N3O/c1-6-4-10(18-11(21)12(15,16)17)19-20(6)7-2-3-8(13)9(14)5-7/h2-3,5-6H,4H2,1H3,(H,18,19,21). The first-order valence-electron chi connectivity index (χ1n) is 5.88. The lowest BCUT2D eigenvalue weighted by atomic mass is 10.2. The Bertz CT molecular complexity index is 604. The number of amides is 1. The van der Waals surface area contributed by atoms with Crippen molar-refractivity contribution in [3.63, 3.8) is 0 Å². The predicted molar refractivity (Wildman–Crippen MR) is 74.7 cm³/mol. The number of carbonyl (C=O) groups excluding carboxylic acids is 1. The second-order valence-electron chi connectivity index (χ2n) is 4.49. The molecule has 0 spiro atoms. The van der Waals surface area contributed by atoms with E-state index in [-0.39, 0.29) is 18.3 Å². The third-order valence-corrected chi connectivity index (χ3v) is 3.56. The van der Waals surface area contributed by atoms with Gasteiger partial charge in [0.15, 0.2) is 0 Å². The largest absolute Gasteiger partial charge is 0.471 e. The molecule has 9 heteroatoms. The molecule has 1 heterocycles. The molecule has 1 amide bonds. The number of hydrazone groups is 1. The van der Waals surface area contributed by atoms with Gasteiger partial charge in [-0.1, -0.05) is 23.2 Å². The molecular formula is C12H10Cl2F3N3O. The molecule has 1 aromatic rings. The fourth-order valence-electron chi connectivity index (χ4n) is 1.85. The number of carbonyl (C=O) groups is 1. The van der Waals surface area contributed by atoms with Crippen molar-refractivity contribution in [3.05, 3.63) is 28.2 Å². The first-order valence-corrected chi connectivity index (χ1v) is 6.64. The smallest absolute Gasteiger partial charge is 0.305 e. The second kappa shape index (κ2) is 5.73. The molecule has 0 aromatic heterocycles. The fourth-order valence-corrected chi connectivity index (χ4v) is 2.15. The number of rotatable bonds is 1. The van der Waals surface area contributed by atoms with E-state index >= 15 is 0 Å². The Morgan fingerprint density at radius 1 is 1.38 bits per heavy atom. The summed E-state index contributed by atoms with van der Waals surface area (Å²) in [5.74, 6) is -2.08. The Hall–Kier alpha value is -1.47. The van der Waals surface area contributed by atoms with Gasteiger partial charge in [-0.25, -0.2) is 0 Å². The molecule has 0 saturated heterocycles. The van der Waals surface area contributed by atoms with Crippen molar-refractivity contribution >= 4 is 40.6 Å². The van der Waals surface area contributed by atoms with Crippen LogP contribution in [0.3, 0.4) is 0 Å². The monoisotopic (exact) mass is 339 g/mol. The predicted octanol–water partition coefficient (Wildman–Crippen LogP) is 3.58. The highest BCUT2D eigenvalue weighted by atomic mass is 35.5. The fraction of sp³-hybridized carbons (Fsp3) is 0.333. The number of nitrogens with zero attached hydrogens (tertiary/aromatic N) is 2. The van der Waals surface area contributed by atoms with Crippen molar-refractivity contribution in [2.24, 2.45) is 5.10 Å². The van der Waals surface area contributed by atoms with Gasteiger partial charge in [-0.3, -0.25) is 9.80 Å². The Morgan fingerprint density at radius 3 is 2.62 bits per heavy atom. The van der Waals surface area contributed by atoms with Crippen LogP contribution in [0.15, 0.2) is 23.3 Å². The van der Waals surface area contributed by atoms with E-state index in [0.29, 0.717) is 15.7 Å². The maximum Gasteiger partial charge on any atom is 0.471 e. The van der Waals surface area contributed by atoms with Crippen LogP contribution in [0, 0.1) is 0 Å². The van der Waals surface area contributed by atoms with Crippen LogP contribution in [0.1, 0.15) is 13.3 Å². The van der Waals surface area contributed by atoms with Gasteiger partial charge in [0.1, 0.15) is 5.84 Å². The quantitative estimate of drug-likeness (QED) is 0.849. The number of halogens is 5. The molecule has 21 heavy (non-hydrogen) atoms. The van der Waals surface area contributed by atoms with Gasteiger partial charge in [-0.15, -0.1) is 0 Å². The number of benzene rings is 1. The van der Waals surface area contributed by atoms with Gasteiger partial charge in [-0.2, -0.15) is 18.3 Å². The number of nitrogens with one attached hydrogen (secondary N) is 1. The summed E-state index contributed by atoms with van der Waals surface area (Å²) in [5, 5.41) is 7.89. The van der Waals surface area contributed by atoms with Gasteiger partial charge >= 0.3 is 12.1 Å². The summed E-state index contributed by atoms with van der Waals surface area (Å²) in [6, 6.07) is 4.54. The Labute approximate surface area is 128 Å². The molecule has 4 nitrogen and oxygen atoms in total. The van der Waals surface area contributed by atoms with Crippen molar-refractivity contribution in [2.75, 3.05) is 5.01 Å². The molecule has 0 fully saturated rings. The van der Waals surface area contributed by atoms with Gasteiger partial charge in [0.05, 0.1) is 21.8 Å². The number of anilines is 1.